The largest absolute Gasteiger partial charge is 0.291 e. The summed E-state index contributed by atoms with van der Waals surface area (Å²) in [4.78, 5) is 19.5. The van der Waals surface area contributed by atoms with Gasteiger partial charge in [0.15, 0.2) is 5.17 Å². The fraction of sp³-hybridized carbons (Fsp3) is 0.579. The first-order chi connectivity index (χ1) is 13.4. The number of hydrogen-bond acceptors (Lipinski definition) is 5. The topological polar surface area (TPSA) is 70.1 Å². The van der Waals surface area contributed by atoms with Crippen molar-refractivity contribution in [1.82, 2.24) is 9.21 Å². The van der Waals surface area contributed by atoms with Crippen molar-refractivity contribution in [2.75, 3.05) is 31.9 Å². The van der Waals surface area contributed by atoms with Gasteiger partial charge in [-0.1, -0.05) is 25.1 Å². The van der Waals surface area contributed by atoms with Crippen LogP contribution in [0.4, 0.5) is 4.39 Å². The maximum atomic E-state index is 13.2. The van der Waals surface area contributed by atoms with Gasteiger partial charge in [-0.3, -0.25) is 14.7 Å². The van der Waals surface area contributed by atoms with Gasteiger partial charge in [-0.2, -0.15) is 4.31 Å². The number of unbranched alkanes of at least 4 members (excludes halogenated alkanes) is 1. The highest BCUT2D eigenvalue weighted by molar-refractivity contribution is 8.14. The normalized spacial score (nSPS) is 20.8. The average molecular weight is 428 g/mol. The van der Waals surface area contributed by atoms with Gasteiger partial charge in [0, 0.05) is 25.4 Å². The molecule has 28 heavy (non-hydrogen) atoms. The van der Waals surface area contributed by atoms with Gasteiger partial charge in [0.2, 0.25) is 15.9 Å². The van der Waals surface area contributed by atoms with Crippen LogP contribution in [0.25, 0.3) is 0 Å². The first-order valence-electron chi connectivity index (χ1n) is 9.68. The molecule has 2 heterocycles. The zero-order chi connectivity index (χ0) is 20.1. The van der Waals surface area contributed by atoms with Crippen LogP contribution in [0, 0.1) is 11.7 Å². The predicted molar refractivity (Wildman–Crippen MR) is 109 cm³/mol. The fourth-order valence-electron chi connectivity index (χ4n) is 3.44. The van der Waals surface area contributed by atoms with E-state index in [1.165, 1.54) is 16.4 Å². The monoisotopic (exact) mass is 427 g/mol. The molecule has 1 fully saturated rings. The molecule has 1 unspecified atom stereocenters. The van der Waals surface area contributed by atoms with Gasteiger partial charge >= 0.3 is 0 Å². The summed E-state index contributed by atoms with van der Waals surface area (Å²) in [5.74, 6) is -0.0292. The number of rotatable bonds is 6. The Morgan fingerprint density at radius 1 is 1.36 bits per heavy atom. The first kappa shape index (κ1) is 21.3. The van der Waals surface area contributed by atoms with Crippen LogP contribution in [-0.4, -0.2) is 60.6 Å². The molecule has 154 valence electrons. The van der Waals surface area contributed by atoms with Crippen LogP contribution in [0.1, 0.15) is 32.6 Å². The standard InChI is InChI=1S/C19H26FN3O3S2/c1-2-3-12-23(19-21-10-13-27-19)18(24)15-5-4-11-22(14-15)28(25,26)17-8-6-16(20)7-9-17/h6-9,15H,2-5,10-14H2,1H3. The second kappa shape index (κ2) is 9.37. The SMILES string of the molecule is CCCCN(C(=O)C1CCCN(S(=O)(=O)c2ccc(F)cc2)C1)C1=NCCS1. The molecule has 1 aromatic carbocycles. The third kappa shape index (κ3) is 4.75. The Hall–Kier alpha value is -1.45. The van der Waals surface area contributed by atoms with Gasteiger partial charge in [-0.15, -0.1) is 0 Å². The van der Waals surface area contributed by atoms with Crippen molar-refractivity contribution in [3.8, 4) is 0 Å². The highest BCUT2D eigenvalue weighted by Crippen LogP contribution is 2.27. The number of hydrogen-bond donors (Lipinski definition) is 0. The van der Waals surface area contributed by atoms with Crippen molar-refractivity contribution in [2.24, 2.45) is 10.9 Å². The Morgan fingerprint density at radius 3 is 2.75 bits per heavy atom. The number of sulfonamides is 1. The lowest BCUT2D eigenvalue weighted by molar-refractivity contribution is -0.132. The van der Waals surface area contributed by atoms with Crippen molar-refractivity contribution >= 4 is 32.9 Å². The van der Waals surface area contributed by atoms with E-state index in [4.69, 9.17) is 0 Å². The van der Waals surface area contributed by atoms with Gasteiger partial charge in [-0.25, -0.2) is 12.8 Å². The molecule has 0 saturated carbocycles. The molecule has 2 aliphatic rings. The van der Waals surface area contributed by atoms with E-state index in [2.05, 4.69) is 11.9 Å². The molecule has 1 atom stereocenters. The van der Waals surface area contributed by atoms with Crippen LogP contribution in [0.15, 0.2) is 34.2 Å². The predicted octanol–water partition coefficient (Wildman–Crippen LogP) is 2.96. The molecule has 0 bridgehead atoms. The lowest BCUT2D eigenvalue weighted by Crippen LogP contribution is -2.48. The molecular formula is C19H26FN3O3S2. The van der Waals surface area contributed by atoms with Crippen molar-refractivity contribution < 1.29 is 17.6 Å². The minimum atomic E-state index is -3.75. The Balaban J connectivity index is 1.75. The highest BCUT2D eigenvalue weighted by atomic mass is 32.2. The lowest BCUT2D eigenvalue weighted by atomic mass is 9.98. The zero-order valence-electron chi connectivity index (χ0n) is 16.0. The summed E-state index contributed by atoms with van der Waals surface area (Å²) in [6, 6.07) is 4.82. The summed E-state index contributed by atoms with van der Waals surface area (Å²) in [7, 11) is -3.75. The summed E-state index contributed by atoms with van der Waals surface area (Å²) in [6.45, 7) is 3.92. The van der Waals surface area contributed by atoms with Crippen LogP contribution >= 0.6 is 11.8 Å². The highest BCUT2D eigenvalue weighted by Gasteiger charge is 2.36. The Labute approximate surface area is 170 Å². The Kier molecular flexibility index (Phi) is 7.11. The number of carbonyl (C=O) groups excluding carboxylic acids is 1. The number of nitrogens with zero attached hydrogens (tertiary/aromatic N) is 3. The van der Waals surface area contributed by atoms with E-state index in [1.807, 2.05) is 0 Å². The second-order valence-electron chi connectivity index (χ2n) is 7.01. The van der Waals surface area contributed by atoms with Crippen LogP contribution < -0.4 is 0 Å². The fourth-order valence-corrected chi connectivity index (χ4v) is 5.85. The molecular weight excluding hydrogens is 401 g/mol. The van der Waals surface area contributed by atoms with Crippen molar-refractivity contribution in [2.45, 2.75) is 37.5 Å². The summed E-state index contributed by atoms with van der Waals surface area (Å²) in [5.41, 5.74) is 0. The first-order valence-corrected chi connectivity index (χ1v) is 12.1. The van der Waals surface area contributed by atoms with E-state index < -0.39 is 15.8 Å². The van der Waals surface area contributed by atoms with E-state index in [1.54, 1.807) is 16.7 Å². The van der Waals surface area contributed by atoms with E-state index in [0.29, 0.717) is 32.5 Å². The zero-order valence-corrected chi connectivity index (χ0v) is 17.6. The van der Waals surface area contributed by atoms with Crippen molar-refractivity contribution in [1.29, 1.82) is 0 Å². The average Bonchev–Trinajstić information content (AvgIpc) is 3.23. The van der Waals surface area contributed by atoms with E-state index >= 15 is 0 Å². The molecule has 0 radical (unpaired) electrons. The third-order valence-electron chi connectivity index (χ3n) is 4.99. The molecule has 0 spiro atoms. The molecule has 1 aromatic rings. The van der Waals surface area contributed by atoms with Crippen LogP contribution in [0.3, 0.4) is 0 Å². The van der Waals surface area contributed by atoms with Gasteiger partial charge < -0.3 is 0 Å². The molecule has 0 aromatic heterocycles. The van der Waals surface area contributed by atoms with Crippen molar-refractivity contribution in [3.63, 3.8) is 0 Å². The molecule has 0 aliphatic carbocycles. The van der Waals surface area contributed by atoms with Crippen molar-refractivity contribution in [3.05, 3.63) is 30.1 Å². The smallest absolute Gasteiger partial charge is 0.243 e. The van der Waals surface area contributed by atoms with Gasteiger partial charge in [-0.05, 0) is 43.5 Å². The molecule has 3 rings (SSSR count). The maximum absolute atomic E-state index is 13.2. The summed E-state index contributed by atoms with van der Waals surface area (Å²) in [5, 5.41) is 0.761. The molecule has 0 N–H and O–H groups in total. The second-order valence-corrected chi connectivity index (χ2v) is 10.0. The Morgan fingerprint density at radius 2 is 2.11 bits per heavy atom. The summed E-state index contributed by atoms with van der Waals surface area (Å²) in [6.07, 6.45) is 3.14. The summed E-state index contributed by atoms with van der Waals surface area (Å²) < 4.78 is 40.3. The number of piperidine rings is 1. The molecule has 1 amide bonds. The van der Waals surface area contributed by atoms with E-state index in [9.17, 15) is 17.6 Å². The number of benzene rings is 1. The number of amidine groups is 1. The van der Waals surface area contributed by atoms with Gasteiger partial charge in [0.1, 0.15) is 5.82 Å². The molecule has 6 nitrogen and oxygen atoms in total. The van der Waals surface area contributed by atoms with Gasteiger partial charge in [0.25, 0.3) is 0 Å². The minimum absolute atomic E-state index is 0.0411. The summed E-state index contributed by atoms with van der Waals surface area (Å²) >= 11 is 1.59. The van der Waals surface area contributed by atoms with Crippen LogP contribution in [-0.2, 0) is 14.8 Å². The number of thioether (sulfide) groups is 1. The molecule has 1 saturated heterocycles. The number of amides is 1. The lowest BCUT2D eigenvalue weighted by Gasteiger charge is -2.34. The minimum Gasteiger partial charge on any atom is -0.291 e. The molecule has 9 heteroatoms. The van der Waals surface area contributed by atoms with Gasteiger partial charge in [0.05, 0.1) is 17.4 Å². The maximum Gasteiger partial charge on any atom is 0.243 e. The number of carbonyl (C=O) groups is 1. The number of aliphatic imine (C=N–C) groups is 1. The van der Waals surface area contributed by atoms with E-state index in [-0.39, 0.29) is 23.3 Å². The van der Waals surface area contributed by atoms with Crippen LogP contribution in [0.2, 0.25) is 0 Å². The van der Waals surface area contributed by atoms with Crippen LogP contribution in [0.5, 0.6) is 0 Å². The third-order valence-corrected chi connectivity index (χ3v) is 7.86. The van der Waals surface area contributed by atoms with E-state index in [0.717, 1.165) is 35.9 Å². The Bertz CT molecular complexity index is 827. The number of halogens is 1. The molecule has 2 aliphatic heterocycles. The quantitative estimate of drug-likeness (QED) is 0.700.